The third kappa shape index (κ3) is 4.27. The third-order valence-electron chi connectivity index (χ3n) is 4.83. The Hall–Kier alpha value is -2.28. The molecule has 1 aromatic carbocycles. The maximum Gasteiger partial charge on any atom is 0.317 e. The minimum Gasteiger partial charge on any atom is -0.481 e. The first-order valence-corrected chi connectivity index (χ1v) is 9.01. The van der Waals surface area contributed by atoms with Crippen LogP contribution in [0.1, 0.15) is 24.8 Å². The number of likely N-dealkylation sites (tertiary alicyclic amines) is 1. The van der Waals surface area contributed by atoms with E-state index in [1.807, 2.05) is 0 Å². The average molecular weight is 382 g/mol. The largest absolute Gasteiger partial charge is 0.481 e. The van der Waals surface area contributed by atoms with E-state index in [-0.39, 0.29) is 18.4 Å². The van der Waals surface area contributed by atoms with E-state index in [9.17, 15) is 14.0 Å². The summed E-state index contributed by atoms with van der Waals surface area (Å²) in [6.45, 7) is 1.56. The van der Waals surface area contributed by atoms with E-state index in [1.165, 1.54) is 6.07 Å². The number of urea groups is 1. The van der Waals surface area contributed by atoms with Gasteiger partial charge in [0.2, 0.25) is 0 Å². The number of halogens is 2. The number of fused-ring (bicyclic) bond motifs is 1. The Morgan fingerprint density at radius 2 is 2.08 bits per heavy atom. The van der Waals surface area contributed by atoms with Gasteiger partial charge in [-0.3, -0.25) is 4.79 Å². The minimum absolute atomic E-state index is 0.141. The standard InChI is InChI=1S/C18H21ClFN3O3/c19-13-8-14-12(10-22-17(14)15(20)9-13)1-4-21-18(26)23-5-2-11(3-6-23)7-16(24)25/h8-11,22H,1-7H2,(H,21,26)(H,24,25). The smallest absolute Gasteiger partial charge is 0.317 e. The van der Waals surface area contributed by atoms with Crippen molar-refractivity contribution >= 4 is 34.5 Å². The normalized spacial score (nSPS) is 15.4. The van der Waals surface area contributed by atoms with E-state index in [4.69, 9.17) is 16.7 Å². The van der Waals surface area contributed by atoms with Gasteiger partial charge in [0.05, 0.1) is 5.52 Å². The highest BCUT2D eigenvalue weighted by atomic mass is 35.5. The average Bonchev–Trinajstić information content (AvgIpc) is 2.98. The number of piperidine rings is 1. The summed E-state index contributed by atoms with van der Waals surface area (Å²) in [5.74, 6) is -1.04. The molecule has 0 bridgehead atoms. The molecule has 0 atom stereocenters. The number of carboxylic acid groups (broad SMARTS) is 1. The first-order chi connectivity index (χ1) is 12.4. The first-order valence-electron chi connectivity index (χ1n) is 8.63. The summed E-state index contributed by atoms with van der Waals surface area (Å²) in [6, 6.07) is 2.82. The zero-order valence-electron chi connectivity index (χ0n) is 14.2. The van der Waals surface area contributed by atoms with Gasteiger partial charge in [-0.2, -0.15) is 0 Å². The van der Waals surface area contributed by atoms with Gasteiger partial charge >= 0.3 is 12.0 Å². The van der Waals surface area contributed by atoms with Crippen molar-refractivity contribution in [2.24, 2.45) is 5.92 Å². The number of hydrogen-bond donors (Lipinski definition) is 3. The number of rotatable bonds is 5. The number of amides is 2. The van der Waals surface area contributed by atoms with Gasteiger partial charge < -0.3 is 20.3 Å². The molecular weight excluding hydrogens is 361 g/mol. The molecule has 2 aromatic rings. The van der Waals surface area contributed by atoms with Crippen molar-refractivity contribution in [1.29, 1.82) is 0 Å². The predicted octanol–water partition coefficient (Wildman–Crippen LogP) is 3.40. The number of hydrogen-bond acceptors (Lipinski definition) is 2. The zero-order chi connectivity index (χ0) is 18.7. The lowest BCUT2D eigenvalue weighted by molar-refractivity contribution is -0.138. The third-order valence-corrected chi connectivity index (χ3v) is 5.05. The van der Waals surface area contributed by atoms with Gasteiger partial charge in [0.15, 0.2) is 0 Å². The van der Waals surface area contributed by atoms with Gasteiger partial charge in [0, 0.05) is 42.7 Å². The van der Waals surface area contributed by atoms with Crippen LogP contribution in [0.4, 0.5) is 9.18 Å². The van der Waals surface area contributed by atoms with Crippen molar-refractivity contribution < 1.29 is 19.1 Å². The molecule has 0 unspecified atom stereocenters. The Labute approximate surface area is 155 Å². The molecule has 140 valence electrons. The molecule has 1 aliphatic rings. The van der Waals surface area contributed by atoms with E-state index >= 15 is 0 Å². The number of nitrogens with zero attached hydrogens (tertiary/aromatic N) is 1. The van der Waals surface area contributed by atoms with E-state index in [1.54, 1.807) is 17.2 Å². The molecule has 1 saturated heterocycles. The van der Waals surface area contributed by atoms with Crippen molar-refractivity contribution in [1.82, 2.24) is 15.2 Å². The predicted molar refractivity (Wildman–Crippen MR) is 96.9 cm³/mol. The number of carboxylic acids is 1. The SMILES string of the molecule is O=C(O)CC1CCN(C(=O)NCCc2c[nH]c3c(F)cc(Cl)cc23)CC1. The van der Waals surface area contributed by atoms with Crippen LogP contribution in [0, 0.1) is 11.7 Å². The Morgan fingerprint density at radius 1 is 1.35 bits per heavy atom. The number of nitrogens with one attached hydrogen (secondary N) is 2. The summed E-state index contributed by atoms with van der Waals surface area (Å²) in [5.41, 5.74) is 1.30. The highest BCUT2D eigenvalue weighted by molar-refractivity contribution is 6.31. The van der Waals surface area contributed by atoms with Crippen LogP contribution in [0.5, 0.6) is 0 Å². The van der Waals surface area contributed by atoms with Crippen LogP contribution >= 0.6 is 11.6 Å². The topological polar surface area (TPSA) is 85.4 Å². The van der Waals surface area contributed by atoms with E-state index in [0.29, 0.717) is 49.4 Å². The van der Waals surface area contributed by atoms with Gasteiger partial charge in [-0.1, -0.05) is 11.6 Å². The molecule has 2 heterocycles. The summed E-state index contributed by atoms with van der Waals surface area (Å²) >= 11 is 5.92. The van der Waals surface area contributed by atoms with Crippen molar-refractivity contribution in [3.05, 3.63) is 34.7 Å². The molecule has 6 nitrogen and oxygen atoms in total. The van der Waals surface area contributed by atoms with E-state index < -0.39 is 11.8 Å². The van der Waals surface area contributed by atoms with Crippen LogP contribution in [-0.4, -0.2) is 46.6 Å². The Morgan fingerprint density at radius 3 is 2.77 bits per heavy atom. The number of H-pyrrole nitrogens is 1. The summed E-state index contributed by atoms with van der Waals surface area (Å²) in [7, 11) is 0. The van der Waals surface area contributed by atoms with E-state index in [2.05, 4.69) is 10.3 Å². The molecular formula is C18H21ClFN3O3. The molecule has 0 aliphatic carbocycles. The molecule has 1 aromatic heterocycles. The molecule has 3 N–H and O–H groups in total. The Bertz CT molecular complexity index is 815. The monoisotopic (exact) mass is 381 g/mol. The molecule has 26 heavy (non-hydrogen) atoms. The molecule has 2 amide bonds. The van der Waals surface area contributed by atoms with Crippen LogP contribution in [0.25, 0.3) is 10.9 Å². The second-order valence-electron chi connectivity index (χ2n) is 6.63. The highest BCUT2D eigenvalue weighted by Gasteiger charge is 2.24. The Kier molecular flexibility index (Phi) is 5.66. The summed E-state index contributed by atoms with van der Waals surface area (Å²) in [4.78, 5) is 27.6. The first kappa shape index (κ1) is 18.5. The summed E-state index contributed by atoms with van der Waals surface area (Å²) in [5, 5.41) is 12.8. The maximum atomic E-state index is 13.8. The molecule has 8 heteroatoms. The van der Waals surface area contributed by atoms with Crippen molar-refractivity contribution in [2.45, 2.75) is 25.7 Å². The molecule has 0 radical (unpaired) electrons. The number of aliphatic carboxylic acids is 1. The van der Waals surface area contributed by atoms with E-state index in [0.717, 1.165) is 10.9 Å². The van der Waals surface area contributed by atoms with Crippen molar-refractivity contribution in [3.63, 3.8) is 0 Å². The summed E-state index contributed by atoms with van der Waals surface area (Å²) < 4.78 is 13.8. The summed E-state index contributed by atoms with van der Waals surface area (Å²) in [6.07, 6.45) is 3.86. The number of aromatic amines is 1. The Balaban J connectivity index is 1.50. The van der Waals surface area contributed by atoms with Gasteiger partial charge in [0.1, 0.15) is 5.82 Å². The maximum absolute atomic E-state index is 13.8. The van der Waals surface area contributed by atoms with Crippen molar-refractivity contribution in [3.8, 4) is 0 Å². The van der Waals surface area contributed by atoms with Gasteiger partial charge in [-0.05, 0) is 42.9 Å². The van der Waals surface area contributed by atoms with Crippen LogP contribution in [-0.2, 0) is 11.2 Å². The lowest BCUT2D eigenvalue weighted by atomic mass is 9.94. The fourth-order valence-corrected chi connectivity index (χ4v) is 3.63. The number of carbonyl (C=O) groups is 2. The van der Waals surface area contributed by atoms with Crippen LogP contribution in [0.2, 0.25) is 5.02 Å². The second kappa shape index (κ2) is 7.95. The van der Waals surface area contributed by atoms with Gasteiger partial charge in [-0.25, -0.2) is 9.18 Å². The second-order valence-corrected chi connectivity index (χ2v) is 7.07. The lowest BCUT2D eigenvalue weighted by Crippen LogP contribution is -2.45. The van der Waals surface area contributed by atoms with Gasteiger partial charge in [-0.15, -0.1) is 0 Å². The quantitative estimate of drug-likeness (QED) is 0.742. The van der Waals surface area contributed by atoms with Crippen molar-refractivity contribution in [2.75, 3.05) is 19.6 Å². The van der Waals surface area contributed by atoms with Gasteiger partial charge in [0.25, 0.3) is 0 Å². The number of aromatic nitrogens is 1. The van der Waals surface area contributed by atoms with Crippen LogP contribution in [0.15, 0.2) is 18.3 Å². The molecule has 1 fully saturated rings. The molecule has 0 saturated carbocycles. The fourth-order valence-electron chi connectivity index (χ4n) is 3.42. The lowest BCUT2D eigenvalue weighted by Gasteiger charge is -2.31. The zero-order valence-corrected chi connectivity index (χ0v) is 15.0. The molecule has 3 rings (SSSR count). The minimum atomic E-state index is -0.789. The highest BCUT2D eigenvalue weighted by Crippen LogP contribution is 2.25. The molecule has 1 aliphatic heterocycles. The number of benzene rings is 1. The number of carbonyl (C=O) groups excluding carboxylic acids is 1. The van der Waals surface area contributed by atoms with Crippen LogP contribution < -0.4 is 5.32 Å². The molecule has 0 spiro atoms. The fraction of sp³-hybridized carbons (Fsp3) is 0.444. The van der Waals surface area contributed by atoms with Crippen LogP contribution in [0.3, 0.4) is 0 Å².